The summed E-state index contributed by atoms with van der Waals surface area (Å²) in [4.78, 5) is 44.2. The molecule has 0 saturated carbocycles. The number of carbonyl (C=O) groups excluding carboxylic acids is 2. The molecule has 2 aromatic heterocycles. The summed E-state index contributed by atoms with van der Waals surface area (Å²) in [7, 11) is 0. The Morgan fingerprint density at radius 1 is 1.06 bits per heavy atom. The molecule has 2 N–H and O–H groups in total. The Kier molecular flexibility index (Phi) is 6.74. The van der Waals surface area contributed by atoms with Crippen LogP contribution < -0.4 is 16.2 Å². The lowest BCUT2D eigenvalue weighted by molar-refractivity contribution is -0.118. The normalized spacial score (nSPS) is 11.9. The highest BCUT2D eigenvalue weighted by atomic mass is 35.5. The second-order valence-electron chi connectivity index (χ2n) is 7.75. The third-order valence-corrected chi connectivity index (χ3v) is 7.22. The van der Waals surface area contributed by atoms with Crippen molar-refractivity contribution in [3.05, 3.63) is 85.2 Å². The summed E-state index contributed by atoms with van der Waals surface area (Å²) in [5.74, 6) is -0.778. The first-order valence-corrected chi connectivity index (χ1v) is 11.9. The zero-order valence-corrected chi connectivity index (χ0v) is 20.8. The lowest BCUT2D eigenvalue weighted by Gasteiger charge is -2.15. The van der Waals surface area contributed by atoms with E-state index >= 15 is 0 Å². The molecule has 4 aromatic rings. The Hall–Kier alpha value is -3.20. The van der Waals surface area contributed by atoms with Gasteiger partial charge >= 0.3 is 0 Å². The van der Waals surface area contributed by atoms with Gasteiger partial charge in [-0.05, 0) is 56.2 Å². The summed E-state index contributed by atoms with van der Waals surface area (Å²) in [6.07, 6.45) is 1.31. The quantitative estimate of drug-likeness (QED) is 0.350. The molecule has 0 aliphatic rings. The Morgan fingerprint density at radius 3 is 2.53 bits per heavy atom. The van der Waals surface area contributed by atoms with E-state index in [9.17, 15) is 14.4 Å². The maximum atomic E-state index is 13.3. The van der Waals surface area contributed by atoms with Crippen molar-refractivity contribution in [2.75, 3.05) is 10.6 Å². The van der Waals surface area contributed by atoms with E-state index in [1.165, 1.54) is 17.0 Å². The van der Waals surface area contributed by atoms with E-state index in [0.717, 1.165) is 16.9 Å². The molecule has 0 radical (unpaired) electrons. The van der Waals surface area contributed by atoms with Gasteiger partial charge in [0.1, 0.15) is 10.9 Å². The van der Waals surface area contributed by atoms with E-state index in [4.69, 9.17) is 23.2 Å². The van der Waals surface area contributed by atoms with Crippen LogP contribution in [0, 0.1) is 13.8 Å². The summed E-state index contributed by atoms with van der Waals surface area (Å²) in [5, 5.41) is 6.62. The first kappa shape index (κ1) is 23.9. The highest BCUT2D eigenvalue weighted by Gasteiger charge is 2.23. The number of aryl methyl sites for hydroxylation is 2. The number of amides is 2. The lowest BCUT2D eigenvalue weighted by Crippen LogP contribution is -2.31. The summed E-state index contributed by atoms with van der Waals surface area (Å²) in [5.41, 5.74) is 2.07. The van der Waals surface area contributed by atoms with Crippen molar-refractivity contribution >= 4 is 67.9 Å². The number of nitrogens with zero attached hydrogens (tertiary/aromatic N) is 2. The van der Waals surface area contributed by atoms with Crippen LogP contribution in [-0.4, -0.2) is 21.4 Å². The van der Waals surface area contributed by atoms with Crippen LogP contribution in [0.4, 0.5) is 11.4 Å². The summed E-state index contributed by atoms with van der Waals surface area (Å²) >= 11 is 13.3. The molecular formula is C24H20Cl2N4O3S. The van der Waals surface area contributed by atoms with Crippen molar-refractivity contribution in [2.45, 2.75) is 26.8 Å². The Morgan fingerprint density at radius 2 is 1.79 bits per heavy atom. The number of fused-ring (bicyclic) bond motifs is 1. The molecule has 0 spiro atoms. The SMILES string of the molecule is Cc1ccccc1NC(=O)c1sc2ncn([C@@H](C)C(=O)Nc3cc(Cl)ccc3Cl)c(=O)c2c1C. The number of nitrogens with one attached hydrogen (secondary N) is 2. The van der Waals surface area contributed by atoms with Crippen LogP contribution in [0.1, 0.15) is 33.8 Å². The van der Waals surface area contributed by atoms with Crippen molar-refractivity contribution in [3.8, 4) is 0 Å². The number of thiophene rings is 1. The van der Waals surface area contributed by atoms with Crippen LogP contribution in [0.5, 0.6) is 0 Å². The molecule has 2 aromatic carbocycles. The van der Waals surface area contributed by atoms with Crippen molar-refractivity contribution in [1.29, 1.82) is 0 Å². The van der Waals surface area contributed by atoms with E-state index in [0.29, 0.717) is 42.1 Å². The molecule has 34 heavy (non-hydrogen) atoms. The molecule has 7 nitrogen and oxygen atoms in total. The highest BCUT2D eigenvalue weighted by Crippen LogP contribution is 2.29. The number of rotatable bonds is 5. The average Bonchev–Trinajstić information content (AvgIpc) is 3.15. The minimum absolute atomic E-state index is 0.308. The van der Waals surface area contributed by atoms with Crippen LogP contribution in [0.3, 0.4) is 0 Å². The topological polar surface area (TPSA) is 93.1 Å². The third-order valence-electron chi connectivity index (χ3n) is 5.46. The van der Waals surface area contributed by atoms with Gasteiger partial charge in [-0.25, -0.2) is 4.98 Å². The number of hydrogen-bond donors (Lipinski definition) is 2. The Labute approximate surface area is 209 Å². The van der Waals surface area contributed by atoms with Crippen LogP contribution in [0.15, 0.2) is 53.6 Å². The van der Waals surface area contributed by atoms with Gasteiger partial charge in [-0.2, -0.15) is 0 Å². The number of aromatic nitrogens is 2. The molecule has 0 unspecified atom stereocenters. The van der Waals surface area contributed by atoms with Crippen molar-refractivity contribution in [3.63, 3.8) is 0 Å². The maximum Gasteiger partial charge on any atom is 0.266 e. The first-order chi connectivity index (χ1) is 16.2. The largest absolute Gasteiger partial charge is 0.323 e. The van der Waals surface area contributed by atoms with Gasteiger partial charge in [0.05, 0.1) is 27.3 Å². The monoisotopic (exact) mass is 514 g/mol. The number of para-hydroxylation sites is 1. The molecule has 1 atom stereocenters. The van der Waals surface area contributed by atoms with Gasteiger partial charge in [-0.15, -0.1) is 11.3 Å². The second kappa shape index (κ2) is 9.58. The van der Waals surface area contributed by atoms with Crippen LogP contribution >= 0.6 is 34.5 Å². The molecule has 4 rings (SSSR count). The van der Waals surface area contributed by atoms with Crippen LogP contribution in [-0.2, 0) is 4.79 Å². The van der Waals surface area contributed by atoms with Crippen LogP contribution in [0.25, 0.3) is 10.2 Å². The van der Waals surface area contributed by atoms with Gasteiger partial charge in [-0.1, -0.05) is 41.4 Å². The lowest BCUT2D eigenvalue weighted by atomic mass is 10.1. The fraction of sp³-hybridized carbons (Fsp3) is 0.167. The standard InChI is InChI=1S/C24H20Cl2N4O3S/c1-12-6-4-5-7-17(12)28-22(32)20-13(2)19-23(34-20)27-11-30(24(19)33)14(3)21(31)29-18-10-15(25)8-9-16(18)26/h4-11,14H,1-3H3,(H,28,32)(H,29,31)/t14-/m0/s1. The van der Waals surface area contributed by atoms with Crippen molar-refractivity contribution in [1.82, 2.24) is 9.55 Å². The number of halogens is 2. The number of benzene rings is 2. The van der Waals surface area contributed by atoms with Crippen molar-refractivity contribution < 1.29 is 9.59 Å². The molecule has 0 aliphatic carbocycles. The highest BCUT2D eigenvalue weighted by molar-refractivity contribution is 7.20. The van der Waals surface area contributed by atoms with Gasteiger partial charge in [0.2, 0.25) is 5.91 Å². The van der Waals surface area contributed by atoms with E-state index in [1.54, 1.807) is 26.0 Å². The fourth-order valence-electron chi connectivity index (χ4n) is 3.48. The number of carbonyl (C=O) groups is 2. The van der Waals surface area contributed by atoms with E-state index in [1.807, 2.05) is 31.2 Å². The summed E-state index contributed by atoms with van der Waals surface area (Å²) in [6.45, 7) is 5.18. The molecular weight excluding hydrogens is 495 g/mol. The van der Waals surface area contributed by atoms with E-state index in [-0.39, 0.29) is 5.91 Å². The maximum absolute atomic E-state index is 13.3. The van der Waals surface area contributed by atoms with E-state index < -0.39 is 17.5 Å². The smallest absolute Gasteiger partial charge is 0.266 e. The van der Waals surface area contributed by atoms with E-state index in [2.05, 4.69) is 15.6 Å². The zero-order valence-electron chi connectivity index (χ0n) is 18.5. The third kappa shape index (κ3) is 4.57. The Balaban J connectivity index is 1.65. The van der Waals surface area contributed by atoms with Gasteiger partial charge in [0, 0.05) is 10.7 Å². The molecule has 0 saturated heterocycles. The number of hydrogen-bond acceptors (Lipinski definition) is 5. The molecule has 0 bridgehead atoms. The minimum Gasteiger partial charge on any atom is -0.323 e. The Bertz CT molecular complexity index is 1500. The minimum atomic E-state index is -0.886. The van der Waals surface area contributed by atoms with Crippen molar-refractivity contribution in [2.24, 2.45) is 0 Å². The molecule has 2 heterocycles. The first-order valence-electron chi connectivity index (χ1n) is 10.3. The summed E-state index contributed by atoms with van der Waals surface area (Å²) < 4.78 is 1.23. The molecule has 10 heteroatoms. The van der Waals surface area contributed by atoms with Gasteiger partial charge in [-0.3, -0.25) is 19.0 Å². The predicted molar refractivity (Wildman–Crippen MR) is 138 cm³/mol. The van der Waals surface area contributed by atoms with Gasteiger partial charge in [0.15, 0.2) is 0 Å². The van der Waals surface area contributed by atoms with Gasteiger partial charge < -0.3 is 10.6 Å². The fourth-order valence-corrected chi connectivity index (χ4v) is 4.85. The molecule has 0 aliphatic heterocycles. The molecule has 0 fully saturated rings. The summed E-state index contributed by atoms with van der Waals surface area (Å²) in [6, 6.07) is 11.3. The number of anilines is 2. The molecule has 2 amide bonds. The van der Waals surface area contributed by atoms with Crippen LogP contribution in [0.2, 0.25) is 10.0 Å². The zero-order chi connectivity index (χ0) is 24.6. The van der Waals surface area contributed by atoms with Gasteiger partial charge in [0.25, 0.3) is 11.5 Å². The predicted octanol–water partition coefficient (Wildman–Crippen LogP) is 5.83. The molecule has 174 valence electrons. The average molecular weight is 515 g/mol. The second-order valence-corrected chi connectivity index (χ2v) is 9.59.